The van der Waals surface area contributed by atoms with E-state index in [9.17, 15) is 4.79 Å². The van der Waals surface area contributed by atoms with Gasteiger partial charge in [0.25, 0.3) is 5.91 Å². The van der Waals surface area contributed by atoms with Gasteiger partial charge in [-0.15, -0.1) is 0 Å². The number of halogens is 2. The van der Waals surface area contributed by atoms with Crippen LogP contribution in [0.5, 0.6) is 0 Å². The highest BCUT2D eigenvalue weighted by atomic mass is 35.5. The van der Waals surface area contributed by atoms with Crippen LogP contribution in [0.4, 0.5) is 0 Å². The molecule has 0 spiro atoms. The van der Waals surface area contributed by atoms with Gasteiger partial charge in [0.05, 0.1) is 15.6 Å². The van der Waals surface area contributed by atoms with E-state index in [1.807, 2.05) is 0 Å². The summed E-state index contributed by atoms with van der Waals surface area (Å²) in [6, 6.07) is 5.12. The van der Waals surface area contributed by atoms with Crippen molar-refractivity contribution in [3.05, 3.63) is 33.8 Å². The molecule has 17 heavy (non-hydrogen) atoms. The molecule has 2 N–H and O–H groups in total. The molecule has 0 bridgehead atoms. The van der Waals surface area contributed by atoms with E-state index in [0.29, 0.717) is 28.7 Å². The maximum absolute atomic E-state index is 12.3. The van der Waals surface area contributed by atoms with Crippen LogP contribution in [0.25, 0.3) is 0 Å². The Morgan fingerprint density at radius 3 is 2.59 bits per heavy atom. The molecule has 1 amide bonds. The molecule has 0 aliphatic carbocycles. The average Bonchev–Trinajstić information content (AvgIpc) is 2.28. The molecule has 1 atom stereocenters. The number of hydrogen-bond donors (Lipinski definition) is 1. The molecule has 1 aliphatic heterocycles. The lowest BCUT2D eigenvalue weighted by Crippen LogP contribution is -2.45. The molecule has 1 aromatic rings. The minimum absolute atomic E-state index is 0.0500. The van der Waals surface area contributed by atoms with Gasteiger partial charge < -0.3 is 10.6 Å². The number of amides is 1. The summed E-state index contributed by atoms with van der Waals surface area (Å²) < 4.78 is 0. The zero-order valence-corrected chi connectivity index (χ0v) is 10.8. The van der Waals surface area contributed by atoms with Crippen LogP contribution in [0.2, 0.25) is 10.0 Å². The van der Waals surface area contributed by atoms with Crippen molar-refractivity contribution in [1.82, 2.24) is 4.90 Å². The van der Waals surface area contributed by atoms with E-state index in [4.69, 9.17) is 28.9 Å². The predicted molar refractivity (Wildman–Crippen MR) is 69.6 cm³/mol. The average molecular weight is 273 g/mol. The van der Waals surface area contributed by atoms with Gasteiger partial charge >= 0.3 is 0 Å². The number of likely N-dealkylation sites (tertiary alicyclic amines) is 1. The number of hydrogen-bond acceptors (Lipinski definition) is 2. The second-order valence-electron chi connectivity index (χ2n) is 4.25. The van der Waals surface area contributed by atoms with Gasteiger partial charge in [0.15, 0.2) is 0 Å². The van der Waals surface area contributed by atoms with Crippen molar-refractivity contribution in [2.24, 2.45) is 5.73 Å². The lowest BCUT2D eigenvalue weighted by Gasteiger charge is -2.31. The Morgan fingerprint density at radius 2 is 2.00 bits per heavy atom. The molecule has 2 rings (SSSR count). The number of nitrogens with zero attached hydrogens (tertiary/aromatic N) is 1. The summed E-state index contributed by atoms with van der Waals surface area (Å²) in [6.45, 7) is 1.29. The van der Waals surface area contributed by atoms with Gasteiger partial charge in [0.2, 0.25) is 0 Å². The highest BCUT2D eigenvalue weighted by Gasteiger charge is 2.25. The quantitative estimate of drug-likeness (QED) is 0.854. The fourth-order valence-corrected chi connectivity index (χ4v) is 2.61. The first-order chi connectivity index (χ1) is 8.09. The molecular formula is C12H14Cl2N2O. The van der Waals surface area contributed by atoms with E-state index in [1.54, 1.807) is 23.1 Å². The summed E-state index contributed by atoms with van der Waals surface area (Å²) in [6.07, 6.45) is 1.88. The molecule has 1 saturated heterocycles. The summed E-state index contributed by atoms with van der Waals surface area (Å²) in [5, 5.41) is 0.781. The third kappa shape index (κ3) is 2.73. The second-order valence-corrected chi connectivity index (χ2v) is 5.06. The Labute approximate surface area is 110 Å². The maximum atomic E-state index is 12.3. The first kappa shape index (κ1) is 12.7. The van der Waals surface area contributed by atoms with E-state index < -0.39 is 0 Å². The summed E-state index contributed by atoms with van der Waals surface area (Å²) >= 11 is 12.0. The monoisotopic (exact) mass is 272 g/mol. The van der Waals surface area contributed by atoms with Gasteiger partial charge in [-0.25, -0.2) is 0 Å². The molecule has 3 nitrogen and oxygen atoms in total. The number of carbonyl (C=O) groups excluding carboxylic acids is 1. The number of piperidine rings is 1. The van der Waals surface area contributed by atoms with Crippen LogP contribution in [0.15, 0.2) is 18.2 Å². The van der Waals surface area contributed by atoms with Crippen molar-refractivity contribution in [2.75, 3.05) is 13.1 Å². The Kier molecular flexibility index (Phi) is 3.92. The van der Waals surface area contributed by atoms with Gasteiger partial charge in [-0.05, 0) is 25.0 Å². The standard InChI is InChI=1S/C12H14Cl2N2O/c13-9-4-1-5-10(14)11(9)12(17)16-6-2-3-8(15)7-16/h1,4-5,8H,2-3,6-7,15H2/t8-/m0/s1. The number of carbonyl (C=O) groups is 1. The van der Waals surface area contributed by atoms with Crippen LogP contribution in [-0.2, 0) is 0 Å². The largest absolute Gasteiger partial charge is 0.337 e. The van der Waals surface area contributed by atoms with Crippen LogP contribution in [0.3, 0.4) is 0 Å². The lowest BCUT2D eigenvalue weighted by atomic mass is 10.1. The Hall–Kier alpha value is -0.770. The van der Waals surface area contributed by atoms with E-state index in [1.165, 1.54) is 0 Å². The van der Waals surface area contributed by atoms with Crippen molar-refractivity contribution in [3.8, 4) is 0 Å². The van der Waals surface area contributed by atoms with Crippen molar-refractivity contribution < 1.29 is 4.79 Å². The van der Waals surface area contributed by atoms with Crippen LogP contribution in [-0.4, -0.2) is 29.9 Å². The third-order valence-corrected chi connectivity index (χ3v) is 3.55. The fourth-order valence-electron chi connectivity index (χ4n) is 2.05. The molecule has 0 aromatic heterocycles. The molecule has 0 saturated carbocycles. The molecule has 1 aliphatic rings. The summed E-state index contributed by atoms with van der Waals surface area (Å²) in [5.74, 6) is -0.129. The molecule has 1 fully saturated rings. The molecule has 0 radical (unpaired) electrons. The van der Waals surface area contributed by atoms with Crippen LogP contribution in [0, 0.1) is 0 Å². The highest BCUT2D eigenvalue weighted by molar-refractivity contribution is 6.39. The second kappa shape index (κ2) is 5.25. The third-order valence-electron chi connectivity index (χ3n) is 2.92. The molecular weight excluding hydrogens is 259 g/mol. The van der Waals surface area contributed by atoms with Crippen molar-refractivity contribution in [2.45, 2.75) is 18.9 Å². The van der Waals surface area contributed by atoms with Gasteiger partial charge in [-0.2, -0.15) is 0 Å². The molecule has 5 heteroatoms. The minimum atomic E-state index is -0.129. The normalized spacial score (nSPS) is 20.4. The SMILES string of the molecule is N[C@H]1CCCN(C(=O)c2c(Cl)cccc2Cl)C1. The van der Waals surface area contributed by atoms with Crippen LogP contribution >= 0.6 is 23.2 Å². The number of nitrogens with two attached hydrogens (primary N) is 1. The fraction of sp³-hybridized carbons (Fsp3) is 0.417. The smallest absolute Gasteiger partial charge is 0.256 e. The molecule has 1 aromatic carbocycles. The molecule has 1 heterocycles. The van der Waals surface area contributed by atoms with Gasteiger partial charge in [-0.1, -0.05) is 29.3 Å². The first-order valence-electron chi connectivity index (χ1n) is 5.58. The summed E-state index contributed by atoms with van der Waals surface area (Å²) in [7, 11) is 0. The number of rotatable bonds is 1. The lowest BCUT2D eigenvalue weighted by molar-refractivity contribution is 0.0709. The summed E-state index contributed by atoms with van der Waals surface area (Å²) in [5.41, 5.74) is 6.24. The first-order valence-corrected chi connectivity index (χ1v) is 6.34. The van der Waals surface area contributed by atoms with Crippen molar-refractivity contribution in [1.29, 1.82) is 0 Å². The van der Waals surface area contributed by atoms with Crippen LogP contribution < -0.4 is 5.73 Å². The van der Waals surface area contributed by atoms with Crippen LogP contribution in [0.1, 0.15) is 23.2 Å². The highest BCUT2D eigenvalue weighted by Crippen LogP contribution is 2.26. The van der Waals surface area contributed by atoms with E-state index in [0.717, 1.165) is 12.8 Å². The van der Waals surface area contributed by atoms with Crippen molar-refractivity contribution in [3.63, 3.8) is 0 Å². The molecule has 0 unspecified atom stereocenters. The Morgan fingerprint density at radius 1 is 1.35 bits per heavy atom. The van der Waals surface area contributed by atoms with E-state index in [2.05, 4.69) is 0 Å². The van der Waals surface area contributed by atoms with E-state index >= 15 is 0 Å². The topological polar surface area (TPSA) is 46.3 Å². The summed E-state index contributed by atoms with van der Waals surface area (Å²) in [4.78, 5) is 14.0. The van der Waals surface area contributed by atoms with Crippen molar-refractivity contribution >= 4 is 29.1 Å². The minimum Gasteiger partial charge on any atom is -0.337 e. The zero-order valence-electron chi connectivity index (χ0n) is 9.33. The Bertz CT molecular complexity index is 416. The zero-order chi connectivity index (χ0) is 12.4. The van der Waals surface area contributed by atoms with Gasteiger partial charge in [0, 0.05) is 19.1 Å². The van der Waals surface area contributed by atoms with Gasteiger partial charge in [-0.3, -0.25) is 4.79 Å². The Balaban J connectivity index is 2.24. The van der Waals surface area contributed by atoms with E-state index in [-0.39, 0.29) is 11.9 Å². The number of benzene rings is 1. The predicted octanol–water partition coefficient (Wildman–Crippen LogP) is 2.56. The maximum Gasteiger partial charge on any atom is 0.256 e. The molecule has 92 valence electrons. The van der Waals surface area contributed by atoms with Gasteiger partial charge in [0.1, 0.15) is 0 Å².